The van der Waals surface area contributed by atoms with Gasteiger partial charge in [0.1, 0.15) is 5.78 Å². The largest absolute Gasteiger partial charge is 0.298 e. The van der Waals surface area contributed by atoms with Gasteiger partial charge < -0.3 is 0 Å². The van der Waals surface area contributed by atoms with E-state index >= 15 is 0 Å². The summed E-state index contributed by atoms with van der Waals surface area (Å²) in [4.78, 5) is 14.5. The van der Waals surface area contributed by atoms with Crippen molar-refractivity contribution < 1.29 is 4.79 Å². The number of rotatable bonds is 3. The minimum Gasteiger partial charge on any atom is -0.298 e. The lowest BCUT2D eigenvalue weighted by molar-refractivity contribution is -0.123. The van der Waals surface area contributed by atoms with Gasteiger partial charge in [-0.3, -0.25) is 9.69 Å². The van der Waals surface area contributed by atoms with Crippen molar-refractivity contribution in [3.8, 4) is 0 Å². The van der Waals surface area contributed by atoms with Crippen LogP contribution in [0.4, 0.5) is 0 Å². The maximum atomic E-state index is 12.1. The van der Waals surface area contributed by atoms with Crippen molar-refractivity contribution in [2.24, 2.45) is 5.92 Å². The molecule has 0 unspecified atom stereocenters. The fraction of sp³-hybridized carbons (Fsp3) is 0.929. The van der Waals surface area contributed by atoms with Crippen LogP contribution in [0.5, 0.6) is 0 Å². The zero-order chi connectivity index (χ0) is 11.2. The molecule has 1 aliphatic carbocycles. The summed E-state index contributed by atoms with van der Waals surface area (Å²) in [5.74, 6) is 0.934. The highest BCUT2D eigenvalue weighted by Gasteiger charge is 2.24. The summed E-state index contributed by atoms with van der Waals surface area (Å²) in [6.45, 7) is 3.04. The fourth-order valence-corrected chi connectivity index (χ4v) is 3.07. The predicted molar refractivity (Wildman–Crippen MR) is 66.5 cm³/mol. The lowest BCUT2D eigenvalue weighted by Crippen LogP contribution is -2.34. The molecule has 16 heavy (non-hydrogen) atoms. The third-order valence-electron chi connectivity index (χ3n) is 4.14. The lowest BCUT2D eigenvalue weighted by Gasteiger charge is -2.24. The Morgan fingerprint density at radius 3 is 2.06 bits per heavy atom. The second-order valence-corrected chi connectivity index (χ2v) is 5.49. The first-order valence-corrected chi connectivity index (χ1v) is 7.11. The first-order chi connectivity index (χ1) is 7.86. The van der Waals surface area contributed by atoms with Crippen LogP contribution >= 0.6 is 0 Å². The van der Waals surface area contributed by atoms with E-state index < -0.39 is 0 Å². The molecule has 0 atom stereocenters. The smallest absolute Gasteiger partial charge is 0.149 e. The second-order valence-electron chi connectivity index (χ2n) is 5.49. The highest BCUT2D eigenvalue weighted by molar-refractivity contribution is 5.83. The van der Waals surface area contributed by atoms with Crippen molar-refractivity contribution >= 4 is 5.78 Å². The zero-order valence-corrected chi connectivity index (χ0v) is 10.4. The Hall–Kier alpha value is -0.370. The van der Waals surface area contributed by atoms with E-state index in [1.54, 1.807) is 0 Å². The summed E-state index contributed by atoms with van der Waals surface area (Å²) >= 11 is 0. The molecule has 0 N–H and O–H groups in total. The molecule has 1 saturated heterocycles. The van der Waals surface area contributed by atoms with Crippen LogP contribution in [-0.2, 0) is 4.79 Å². The Balaban J connectivity index is 1.75. The van der Waals surface area contributed by atoms with E-state index in [-0.39, 0.29) is 0 Å². The lowest BCUT2D eigenvalue weighted by atomic mass is 10.0. The van der Waals surface area contributed by atoms with Gasteiger partial charge in [0.15, 0.2) is 0 Å². The van der Waals surface area contributed by atoms with Crippen molar-refractivity contribution in [1.82, 2.24) is 4.90 Å². The fourth-order valence-electron chi connectivity index (χ4n) is 3.07. The summed E-state index contributed by atoms with van der Waals surface area (Å²) in [7, 11) is 0. The van der Waals surface area contributed by atoms with Gasteiger partial charge in [0.05, 0.1) is 6.54 Å². The zero-order valence-electron chi connectivity index (χ0n) is 10.4. The number of nitrogens with zero attached hydrogens (tertiary/aromatic N) is 1. The first kappa shape index (κ1) is 12.1. The third kappa shape index (κ3) is 3.58. The molecule has 2 rings (SSSR count). The number of hydrogen-bond donors (Lipinski definition) is 0. The first-order valence-electron chi connectivity index (χ1n) is 7.11. The van der Waals surface area contributed by atoms with Gasteiger partial charge >= 0.3 is 0 Å². The van der Waals surface area contributed by atoms with Crippen LogP contribution in [0, 0.1) is 5.92 Å². The molecule has 0 aromatic rings. The van der Waals surface area contributed by atoms with Crippen LogP contribution in [-0.4, -0.2) is 30.3 Å². The minimum atomic E-state index is 0.408. The van der Waals surface area contributed by atoms with E-state index in [0.29, 0.717) is 11.7 Å². The van der Waals surface area contributed by atoms with Crippen LogP contribution in [0.3, 0.4) is 0 Å². The van der Waals surface area contributed by atoms with Gasteiger partial charge in [0.25, 0.3) is 0 Å². The molecule has 0 amide bonds. The maximum absolute atomic E-state index is 12.1. The molecular formula is C14H25NO. The molecule has 1 heterocycles. The molecule has 0 aromatic heterocycles. The van der Waals surface area contributed by atoms with Crippen LogP contribution < -0.4 is 0 Å². The topological polar surface area (TPSA) is 20.3 Å². The Morgan fingerprint density at radius 2 is 1.44 bits per heavy atom. The molecule has 2 nitrogen and oxygen atoms in total. The van der Waals surface area contributed by atoms with E-state index in [0.717, 1.165) is 32.5 Å². The molecule has 92 valence electrons. The third-order valence-corrected chi connectivity index (χ3v) is 4.14. The van der Waals surface area contributed by atoms with E-state index in [2.05, 4.69) is 4.90 Å². The molecular weight excluding hydrogens is 198 g/mol. The molecule has 1 saturated carbocycles. The van der Waals surface area contributed by atoms with E-state index in [1.165, 1.54) is 44.9 Å². The summed E-state index contributed by atoms with van der Waals surface area (Å²) in [5, 5.41) is 0. The van der Waals surface area contributed by atoms with Gasteiger partial charge in [-0.05, 0) is 38.8 Å². The van der Waals surface area contributed by atoms with Gasteiger partial charge in [-0.15, -0.1) is 0 Å². The quantitative estimate of drug-likeness (QED) is 0.733. The van der Waals surface area contributed by atoms with Crippen molar-refractivity contribution in [2.45, 2.75) is 57.8 Å². The summed E-state index contributed by atoms with van der Waals surface area (Å²) < 4.78 is 0. The van der Waals surface area contributed by atoms with Gasteiger partial charge in [-0.1, -0.05) is 32.1 Å². The summed E-state index contributed by atoms with van der Waals surface area (Å²) in [6.07, 6.45) is 11.6. The average Bonchev–Trinajstić information content (AvgIpc) is 2.74. The number of ketones is 1. The number of carbonyl (C=O) groups excluding carboxylic acids is 1. The highest BCUT2D eigenvalue weighted by Crippen LogP contribution is 2.25. The Labute approximate surface area is 99.4 Å². The van der Waals surface area contributed by atoms with E-state index in [4.69, 9.17) is 0 Å². The van der Waals surface area contributed by atoms with Crippen LogP contribution in [0.1, 0.15) is 57.8 Å². The van der Waals surface area contributed by atoms with E-state index in [9.17, 15) is 4.79 Å². The molecule has 1 aliphatic heterocycles. The van der Waals surface area contributed by atoms with Gasteiger partial charge in [0.2, 0.25) is 0 Å². The number of likely N-dealkylation sites (tertiary alicyclic amines) is 1. The van der Waals surface area contributed by atoms with Crippen LogP contribution in [0.2, 0.25) is 0 Å². The minimum absolute atomic E-state index is 0.408. The molecule has 2 aliphatic rings. The Kier molecular flexibility index (Phi) is 4.83. The summed E-state index contributed by atoms with van der Waals surface area (Å²) in [5.41, 5.74) is 0. The molecule has 2 fully saturated rings. The van der Waals surface area contributed by atoms with Crippen molar-refractivity contribution in [1.29, 1.82) is 0 Å². The second kappa shape index (κ2) is 6.39. The Bertz CT molecular complexity index is 213. The number of carbonyl (C=O) groups is 1. The number of Topliss-reactive ketones (excluding diaryl/α,β-unsaturated/α-hetero) is 1. The van der Waals surface area contributed by atoms with Crippen molar-refractivity contribution in [3.05, 3.63) is 0 Å². The van der Waals surface area contributed by atoms with Gasteiger partial charge in [-0.2, -0.15) is 0 Å². The van der Waals surface area contributed by atoms with E-state index in [1.807, 2.05) is 0 Å². The van der Waals surface area contributed by atoms with Crippen molar-refractivity contribution in [3.63, 3.8) is 0 Å². The highest BCUT2D eigenvalue weighted by atomic mass is 16.1. The number of hydrogen-bond acceptors (Lipinski definition) is 2. The van der Waals surface area contributed by atoms with Crippen LogP contribution in [0.25, 0.3) is 0 Å². The van der Waals surface area contributed by atoms with Gasteiger partial charge in [-0.25, -0.2) is 0 Å². The van der Waals surface area contributed by atoms with Crippen molar-refractivity contribution in [2.75, 3.05) is 19.6 Å². The Morgan fingerprint density at radius 1 is 0.875 bits per heavy atom. The molecule has 2 heteroatoms. The molecule has 0 radical (unpaired) electrons. The predicted octanol–water partition coefficient (Wildman–Crippen LogP) is 3.01. The molecule has 0 bridgehead atoms. The standard InChI is InChI=1S/C14H25NO/c16-14(13-8-4-5-9-13)12-15-10-6-2-1-3-7-11-15/h13H,1-12H2. The average molecular weight is 223 g/mol. The molecule has 0 aromatic carbocycles. The summed E-state index contributed by atoms with van der Waals surface area (Å²) in [6, 6.07) is 0. The van der Waals surface area contributed by atoms with Gasteiger partial charge in [0, 0.05) is 5.92 Å². The molecule has 0 spiro atoms. The van der Waals surface area contributed by atoms with Crippen LogP contribution in [0.15, 0.2) is 0 Å². The maximum Gasteiger partial charge on any atom is 0.149 e. The SMILES string of the molecule is O=C(CN1CCCCCCC1)C1CCCC1. The monoisotopic (exact) mass is 223 g/mol. The normalized spacial score (nSPS) is 25.2.